The summed E-state index contributed by atoms with van der Waals surface area (Å²) in [6.07, 6.45) is 2.77. The minimum Gasteiger partial charge on any atom is -0.497 e. The molecule has 0 saturated carbocycles. The zero-order chi connectivity index (χ0) is 20.1. The Morgan fingerprint density at radius 2 is 1.96 bits per heavy atom. The molecule has 1 unspecified atom stereocenters. The molecule has 3 rings (SSSR count). The number of benzene rings is 2. The minimum atomic E-state index is -3.61. The standard InChI is InChI=1S/C21H26N2O4S/c1-16-7-3-4-12-23(16)28(25,26)20-11-6-9-18(14-20)21(24)22-15-17-8-5-10-19(13-17)27-2/h5-6,8-11,13-14,16H,3-4,7,12,15H2,1-2H3,(H,22,24). The summed E-state index contributed by atoms with van der Waals surface area (Å²) >= 11 is 0. The topological polar surface area (TPSA) is 75.7 Å². The van der Waals surface area contributed by atoms with Crippen molar-refractivity contribution in [2.24, 2.45) is 0 Å². The largest absolute Gasteiger partial charge is 0.497 e. The van der Waals surface area contributed by atoms with Crippen LogP contribution in [0.2, 0.25) is 0 Å². The summed E-state index contributed by atoms with van der Waals surface area (Å²) in [5.41, 5.74) is 1.23. The van der Waals surface area contributed by atoms with Crippen LogP contribution in [0.25, 0.3) is 0 Å². The molecule has 0 aliphatic carbocycles. The zero-order valence-corrected chi connectivity index (χ0v) is 17.0. The number of ether oxygens (including phenoxy) is 1. The van der Waals surface area contributed by atoms with E-state index in [0.29, 0.717) is 18.7 Å². The van der Waals surface area contributed by atoms with Crippen LogP contribution in [0, 0.1) is 0 Å². The van der Waals surface area contributed by atoms with E-state index in [-0.39, 0.29) is 16.8 Å². The van der Waals surface area contributed by atoms with Crippen LogP contribution in [-0.2, 0) is 16.6 Å². The van der Waals surface area contributed by atoms with Gasteiger partial charge in [0.2, 0.25) is 10.0 Å². The van der Waals surface area contributed by atoms with E-state index in [1.54, 1.807) is 29.6 Å². The predicted octanol–water partition coefficient (Wildman–Crippen LogP) is 3.19. The van der Waals surface area contributed by atoms with Crippen molar-refractivity contribution in [2.75, 3.05) is 13.7 Å². The second-order valence-electron chi connectivity index (χ2n) is 7.02. The Kier molecular flexibility index (Phi) is 6.36. The van der Waals surface area contributed by atoms with E-state index in [2.05, 4.69) is 5.32 Å². The number of carbonyl (C=O) groups is 1. The molecule has 1 aliphatic heterocycles. The van der Waals surface area contributed by atoms with Crippen molar-refractivity contribution in [3.05, 3.63) is 59.7 Å². The average molecular weight is 403 g/mol. The van der Waals surface area contributed by atoms with Gasteiger partial charge in [-0.25, -0.2) is 8.42 Å². The van der Waals surface area contributed by atoms with E-state index < -0.39 is 10.0 Å². The molecule has 0 bridgehead atoms. The Morgan fingerprint density at radius 1 is 1.18 bits per heavy atom. The molecule has 1 amide bonds. The maximum Gasteiger partial charge on any atom is 0.251 e. The van der Waals surface area contributed by atoms with E-state index in [1.165, 1.54) is 6.07 Å². The summed E-state index contributed by atoms with van der Waals surface area (Å²) in [4.78, 5) is 12.7. The molecule has 0 radical (unpaired) electrons. The predicted molar refractivity (Wildman–Crippen MR) is 108 cm³/mol. The number of nitrogens with zero attached hydrogens (tertiary/aromatic N) is 1. The monoisotopic (exact) mass is 402 g/mol. The molecule has 150 valence electrons. The molecule has 1 saturated heterocycles. The quantitative estimate of drug-likeness (QED) is 0.805. The smallest absolute Gasteiger partial charge is 0.251 e. The summed E-state index contributed by atoms with van der Waals surface area (Å²) < 4.78 is 32.7. The molecular formula is C21H26N2O4S. The summed E-state index contributed by atoms with van der Waals surface area (Å²) in [5.74, 6) is 0.405. The lowest BCUT2D eigenvalue weighted by Crippen LogP contribution is -2.42. The van der Waals surface area contributed by atoms with Gasteiger partial charge in [-0.1, -0.05) is 24.6 Å². The molecule has 2 aromatic carbocycles. The lowest BCUT2D eigenvalue weighted by molar-refractivity contribution is 0.0950. The van der Waals surface area contributed by atoms with Gasteiger partial charge in [-0.3, -0.25) is 4.79 Å². The molecular weight excluding hydrogens is 376 g/mol. The molecule has 7 heteroatoms. The van der Waals surface area contributed by atoms with Crippen molar-refractivity contribution in [3.63, 3.8) is 0 Å². The Morgan fingerprint density at radius 3 is 2.71 bits per heavy atom. The highest BCUT2D eigenvalue weighted by Crippen LogP contribution is 2.25. The van der Waals surface area contributed by atoms with Crippen molar-refractivity contribution in [1.82, 2.24) is 9.62 Å². The molecule has 1 fully saturated rings. The Bertz CT molecular complexity index is 943. The first-order valence-corrected chi connectivity index (χ1v) is 10.9. The number of piperidine rings is 1. The van der Waals surface area contributed by atoms with E-state index in [9.17, 15) is 13.2 Å². The molecule has 1 N–H and O–H groups in total. The fourth-order valence-corrected chi connectivity index (χ4v) is 5.17. The first kappa shape index (κ1) is 20.4. The maximum atomic E-state index is 13.0. The molecule has 28 heavy (non-hydrogen) atoms. The maximum absolute atomic E-state index is 13.0. The van der Waals surface area contributed by atoms with Crippen molar-refractivity contribution in [1.29, 1.82) is 0 Å². The van der Waals surface area contributed by atoms with Gasteiger partial charge in [0, 0.05) is 24.7 Å². The van der Waals surface area contributed by atoms with Gasteiger partial charge in [0.05, 0.1) is 12.0 Å². The third-order valence-electron chi connectivity index (χ3n) is 5.03. The molecule has 6 nitrogen and oxygen atoms in total. The van der Waals surface area contributed by atoms with Crippen molar-refractivity contribution >= 4 is 15.9 Å². The second kappa shape index (κ2) is 8.75. The van der Waals surface area contributed by atoms with Crippen LogP contribution in [0.15, 0.2) is 53.4 Å². The number of sulfonamides is 1. The number of carbonyl (C=O) groups excluding carboxylic acids is 1. The Hall–Kier alpha value is -2.38. The SMILES string of the molecule is COc1cccc(CNC(=O)c2cccc(S(=O)(=O)N3CCCCC3C)c2)c1. The van der Waals surface area contributed by atoms with Gasteiger partial charge >= 0.3 is 0 Å². The summed E-state index contributed by atoms with van der Waals surface area (Å²) in [5, 5.41) is 2.83. The van der Waals surface area contributed by atoms with E-state index in [4.69, 9.17) is 4.74 Å². The highest BCUT2D eigenvalue weighted by atomic mass is 32.2. The molecule has 0 spiro atoms. The third kappa shape index (κ3) is 4.54. The number of hydrogen-bond donors (Lipinski definition) is 1. The second-order valence-corrected chi connectivity index (χ2v) is 8.91. The molecule has 2 aromatic rings. The van der Waals surface area contributed by atoms with Crippen molar-refractivity contribution in [2.45, 2.75) is 43.7 Å². The number of hydrogen-bond acceptors (Lipinski definition) is 4. The number of nitrogens with one attached hydrogen (secondary N) is 1. The Labute approximate surface area is 166 Å². The van der Waals surface area contributed by atoms with Gasteiger partial charge in [-0.15, -0.1) is 0 Å². The van der Waals surface area contributed by atoms with Crippen LogP contribution in [-0.4, -0.2) is 38.3 Å². The number of rotatable bonds is 6. The van der Waals surface area contributed by atoms with Crippen LogP contribution in [0.1, 0.15) is 42.1 Å². The summed E-state index contributed by atoms with van der Waals surface area (Å²) in [7, 11) is -2.02. The Balaban J connectivity index is 1.74. The van der Waals surface area contributed by atoms with Gasteiger partial charge in [0.25, 0.3) is 5.91 Å². The highest BCUT2D eigenvalue weighted by Gasteiger charge is 2.31. The molecule has 0 aromatic heterocycles. The molecule has 1 aliphatic rings. The minimum absolute atomic E-state index is 0.0238. The molecule has 1 heterocycles. The van der Waals surface area contributed by atoms with Crippen molar-refractivity contribution < 1.29 is 17.9 Å². The van der Waals surface area contributed by atoms with Crippen LogP contribution in [0.3, 0.4) is 0 Å². The first-order chi connectivity index (χ1) is 13.4. The number of amides is 1. The van der Waals surface area contributed by atoms with Crippen LogP contribution in [0.4, 0.5) is 0 Å². The fraction of sp³-hybridized carbons (Fsp3) is 0.381. The van der Waals surface area contributed by atoms with E-state index in [0.717, 1.165) is 30.6 Å². The van der Waals surface area contributed by atoms with Crippen LogP contribution < -0.4 is 10.1 Å². The van der Waals surface area contributed by atoms with Gasteiger partial charge < -0.3 is 10.1 Å². The van der Waals surface area contributed by atoms with Gasteiger partial charge in [0.1, 0.15) is 5.75 Å². The fourth-order valence-electron chi connectivity index (χ4n) is 3.43. The van der Waals surface area contributed by atoms with E-state index in [1.807, 2.05) is 31.2 Å². The van der Waals surface area contributed by atoms with Crippen LogP contribution in [0.5, 0.6) is 5.75 Å². The lowest BCUT2D eigenvalue weighted by Gasteiger charge is -2.32. The zero-order valence-electron chi connectivity index (χ0n) is 16.2. The third-order valence-corrected chi connectivity index (χ3v) is 7.04. The first-order valence-electron chi connectivity index (χ1n) is 9.45. The summed E-state index contributed by atoms with van der Waals surface area (Å²) in [6.45, 7) is 2.79. The summed E-state index contributed by atoms with van der Waals surface area (Å²) in [6, 6.07) is 13.6. The highest BCUT2D eigenvalue weighted by molar-refractivity contribution is 7.89. The van der Waals surface area contributed by atoms with E-state index >= 15 is 0 Å². The van der Waals surface area contributed by atoms with Gasteiger partial charge in [-0.2, -0.15) is 4.31 Å². The van der Waals surface area contributed by atoms with Crippen molar-refractivity contribution in [3.8, 4) is 5.75 Å². The van der Waals surface area contributed by atoms with Gasteiger partial charge in [0.15, 0.2) is 0 Å². The molecule has 1 atom stereocenters. The normalized spacial score (nSPS) is 17.9. The number of methoxy groups -OCH3 is 1. The lowest BCUT2D eigenvalue weighted by atomic mass is 10.1. The average Bonchev–Trinajstić information content (AvgIpc) is 2.72. The van der Waals surface area contributed by atoms with Gasteiger partial charge in [-0.05, 0) is 55.7 Å². The van der Waals surface area contributed by atoms with Crippen LogP contribution >= 0.6 is 0 Å².